The molecular formula is C25H32N2O2. The average Bonchev–Trinajstić information content (AvgIpc) is 3.52. The molecule has 2 amide bonds. The Morgan fingerprint density at radius 1 is 0.828 bits per heavy atom. The monoisotopic (exact) mass is 392 g/mol. The van der Waals surface area contributed by atoms with Gasteiger partial charge in [-0.3, -0.25) is 9.59 Å². The van der Waals surface area contributed by atoms with Crippen LogP contribution in [-0.2, 0) is 4.79 Å². The van der Waals surface area contributed by atoms with Gasteiger partial charge < -0.3 is 10.6 Å². The van der Waals surface area contributed by atoms with E-state index in [9.17, 15) is 9.59 Å². The molecule has 29 heavy (non-hydrogen) atoms. The molecule has 1 fully saturated rings. The molecular weight excluding hydrogens is 360 g/mol. The van der Waals surface area contributed by atoms with Crippen LogP contribution in [0.1, 0.15) is 68.6 Å². The van der Waals surface area contributed by atoms with Gasteiger partial charge in [-0.25, -0.2) is 0 Å². The van der Waals surface area contributed by atoms with Crippen LogP contribution in [0.15, 0.2) is 54.6 Å². The molecule has 0 saturated heterocycles. The van der Waals surface area contributed by atoms with Crippen molar-refractivity contribution in [2.75, 3.05) is 10.6 Å². The molecule has 4 nitrogen and oxygen atoms in total. The molecule has 4 heteroatoms. The lowest BCUT2D eigenvalue weighted by molar-refractivity contribution is -0.117. The highest BCUT2D eigenvalue weighted by Gasteiger charge is 2.42. The third kappa shape index (κ3) is 6.74. The van der Waals surface area contributed by atoms with E-state index < -0.39 is 0 Å². The van der Waals surface area contributed by atoms with Gasteiger partial charge in [0.05, 0.1) is 0 Å². The zero-order valence-corrected chi connectivity index (χ0v) is 17.3. The van der Waals surface area contributed by atoms with E-state index in [-0.39, 0.29) is 17.7 Å². The van der Waals surface area contributed by atoms with E-state index in [0.29, 0.717) is 17.2 Å². The van der Waals surface area contributed by atoms with Gasteiger partial charge in [0.2, 0.25) is 5.91 Å². The number of amides is 2. The maximum Gasteiger partial charge on any atom is 0.255 e. The van der Waals surface area contributed by atoms with Gasteiger partial charge in [-0.15, -0.1) is 0 Å². The van der Waals surface area contributed by atoms with Gasteiger partial charge in [0.1, 0.15) is 0 Å². The normalized spacial score (nSPS) is 17.6. The molecule has 0 radical (unpaired) electrons. The number of hydrogen-bond acceptors (Lipinski definition) is 2. The Bertz CT molecular complexity index is 786. The van der Waals surface area contributed by atoms with E-state index >= 15 is 0 Å². The molecule has 2 N–H and O–H groups in total. The van der Waals surface area contributed by atoms with Crippen molar-refractivity contribution in [2.24, 2.45) is 11.8 Å². The quantitative estimate of drug-likeness (QED) is 0.443. The lowest BCUT2D eigenvalue weighted by Crippen LogP contribution is -2.15. The maximum atomic E-state index is 12.4. The van der Waals surface area contributed by atoms with E-state index in [2.05, 4.69) is 17.6 Å². The van der Waals surface area contributed by atoms with Gasteiger partial charge in [0, 0.05) is 22.9 Å². The second kappa shape index (κ2) is 10.8. The Morgan fingerprint density at radius 2 is 1.45 bits per heavy atom. The Hall–Kier alpha value is -2.62. The van der Waals surface area contributed by atoms with E-state index in [0.717, 1.165) is 12.1 Å². The van der Waals surface area contributed by atoms with Crippen LogP contribution in [0.25, 0.3) is 0 Å². The SMILES string of the molecule is CCCCCCCC[C@@H]1C[C@H]1C(=O)Nc1ccc(NC(=O)c2ccccc2)cc1. The summed E-state index contributed by atoms with van der Waals surface area (Å²) < 4.78 is 0. The van der Waals surface area contributed by atoms with Crippen LogP contribution in [0.3, 0.4) is 0 Å². The summed E-state index contributed by atoms with van der Waals surface area (Å²) in [7, 11) is 0. The summed E-state index contributed by atoms with van der Waals surface area (Å²) >= 11 is 0. The molecule has 2 aromatic carbocycles. The zero-order valence-electron chi connectivity index (χ0n) is 17.3. The fourth-order valence-corrected chi connectivity index (χ4v) is 3.74. The standard InChI is InChI=1S/C25H32N2O2/c1-2-3-4-5-6-8-13-20-18-23(20)25(29)27-22-16-14-21(15-17-22)26-24(28)19-11-9-7-10-12-19/h7,9-12,14-17,20,23H,2-6,8,13,18H2,1H3,(H,26,28)(H,27,29)/t20-,23-/m1/s1. The molecule has 0 heterocycles. The van der Waals surface area contributed by atoms with Gasteiger partial charge in [0.15, 0.2) is 0 Å². The topological polar surface area (TPSA) is 58.2 Å². The first-order chi connectivity index (χ1) is 14.2. The third-order valence-electron chi connectivity index (χ3n) is 5.63. The fraction of sp³-hybridized carbons (Fsp3) is 0.440. The molecule has 3 rings (SSSR count). The minimum absolute atomic E-state index is 0.127. The number of unbranched alkanes of at least 4 members (excludes halogenated alkanes) is 5. The van der Waals surface area contributed by atoms with Crippen molar-refractivity contribution in [2.45, 2.75) is 58.3 Å². The molecule has 0 bridgehead atoms. The first-order valence-electron chi connectivity index (χ1n) is 10.9. The smallest absolute Gasteiger partial charge is 0.255 e. The van der Waals surface area contributed by atoms with Crippen molar-refractivity contribution in [3.05, 3.63) is 60.2 Å². The van der Waals surface area contributed by atoms with E-state index in [1.54, 1.807) is 12.1 Å². The van der Waals surface area contributed by atoms with E-state index in [4.69, 9.17) is 0 Å². The summed E-state index contributed by atoms with van der Waals surface area (Å²) in [6.45, 7) is 2.24. The van der Waals surface area contributed by atoms with Crippen LogP contribution in [0, 0.1) is 11.8 Å². The van der Waals surface area contributed by atoms with Crippen molar-refractivity contribution >= 4 is 23.2 Å². The minimum Gasteiger partial charge on any atom is -0.326 e. The number of anilines is 2. The van der Waals surface area contributed by atoms with Crippen molar-refractivity contribution in [3.63, 3.8) is 0 Å². The molecule has 2 aromatic rings. The molecule has 1 aliphatic carbocycles. The van der Waals surface area contributed by atoms with Crippen molar-refractivity contribution in [1.29, 1.82) is 0 Å². The van der Waals surface area contributed by atoms with Crippen molar-refractivity contribution in [1.82, 2.24) is 0 Å². The first kappa shape index (κ1) is 21.1. The Morgan fingerprint density at radius 3 is 2.14 bits per heavy atom. The maximum absolute atomic E-state index is 12.4. The summed E-state index contributed by atoms with van der Waals surface area (Å²) in [4.78, 5) is 24.6. The predicted octanol–water partition coefficient (Wildman–Crippen LogP) is 6.26. The van der Waals surface area contributed by atoms with Crippen molar-refractivity contribution < 1.29 is 9.59 Å². The highest BCUT2D eigenvalue weighted by Crippen LogP contribution is 2.43. The second-order valence-electron chi connectivity index (χ2n) is 8.05. The Balaban J connectivity index is 1.38. The van der Waals surface area contributed by atoms with Crippen LogP contribution in [-0.4, -0.2) is 11.8 Å². The van der Waals surface area contributed by atoms with Gasteiger partial charge in [-0.2, -0.15) is 0 Å². The van der Waals surface area contributed by atoms with Gasteiger partial charge >= 0.3 is 0 Å². The lowest BCUT2D eigenvalue weighted by atomic mass is 10.1. The lowest BCUT2D eigenvalue weighted by Gasteiger charge is -2.08. The molecule has 2 atom stereocenters. The summed E-state index contributed by atoms with van der Waals surface area (Å²) in [6, 6.07) is 16.4. The van der Waals surface area contributed by atoms with Gasteiger partial charge in [-0.1, -0.05) is 63.6 Å². The average molecular weight is 393 g/mol. The number of nitrogens with one attached hydrogen (secondary N) is 2. The Labute approximate surface area is 174 Å². The number of carbonyl (C=O) groups excluding carboxylic acids is 2. The minimum atomic E-state index is -0.141. The van der Waals surface area contributed by atoms with Gasteiger partial charge in [-0.05, 0) is 55.2 Å². The third-order valence-corrected chi connectivity index (χ3v) is 5.63. The van der Waals surface area contributed by atoms with Gasteiger partial charge in [0.25, 0.3) is 5.91 Å². The molecule has 1 aliphatic rings. The van der Waals surface area contributed by atoms with Crippen LogP contribution < -0.4 is 10.6 Å². The molecule has 0 spiro atoms. The largest absolute Gasteiger partial charge is 0.326 e. The first-order valence-corrected chi connectivity index (χ1v) is 10.9. The summed E-state index contributed by atoms with van der Waals surface area (Å²) in [6.07, 6.45) is 10.0. The highest BCUT2D eigenvalue weighted by atomic mass is 16.2. The van der Waals surface area contributed by atoms with Crippen LogP contribution in [0.5, 0.6) is 0 Å². The van der Waals surface area contributed by atoms with Crippen LogP contribution >= 0.6 is 0 Å². The molecule has 0 unspecified atom stereocenters. The van der Waals surface area contributed by atoms with Crippen molar-refractivity contribution in [3.8, 4) is 0 Å². The number of carbonyl (C=O) groups is 2. The summed E-state index contributed by atoms with van der Waals surface area (Å²) in [5.41, 5.74) is 2.11. The molecule has 0 aliphatic heterocycles. The fourth-order valence-electron chi connectivity index (χ4n) is 3.74. The number of hydrogen-bond donors (Lipinski definition) is 2. The second-order valence-corrected chi connectivity index (χ2v) is 8.05. The molecule has 154 valence electrons. The van der Waals surface area contributed by atoms with Crippen LogP contribution in [0.2, 0.25) is 0 Å². The van der Waals surface area contributed by atoms with E-state index in [1.165, 1.54) is 44.9 Å². The molecule has 0 aromatic heterocycles. The molecule has 1 saturated carbocycles. The summed E-state index contributed by atoms with van der Waals surface area (Å²) in [5.74, 6) is 0.716. The van der Waals surface area contributed by atoms with Crippen LogP contribution in [0.4, 0.5) is 11.4 Å². The number of benzene rings is 2. The highest BCUT2D eigenvalue weighted by molar-refractivity contribution is 6.04. The predicted molar refractivity (Wildman–Crippen MR) is 119 cm³/mol. The summed E-state index contributed by atoms with van der Waals surface area (Å²) in [5, 5.41) is 5.88. The zero-order chi connectivity index (χ0) is 20.5. The number of rotatable bonds is 11. The van der Waals surface area contributed by atoms with E-state index in [1.807, 2.05) is 42.5 Å². The Kier molecular flexibility index (Phi) is 7.85.